The van der Waals surface area contributed by atoms with E-state index in [-0.39, 0.29) is 10.2 Å². The van der Waals surface area contributed by atoms with Gasteiger partial charge in [-0.25, -0.2) is 13.2 Å². The van der Waals surface area contributed by atoms with Crippen LogP contribution >= 0.6 is 15.9 Å². The molecule has 66 valence electrons. The summed E-state index contributed by atoms with van der Waals surface area (Å²) < 4.78 is 37.8. The lowest BCUT2D eigenvalue weighted by Crippen LogP contribution is -1.98. The molecule has 0 radical (unpaired) electrons. The van der Waals surface area contributed by atoms with E-state index in [9.17, 15) is 13.2 Å². The summed E-state index contributed by atoms with van der Waals surface area (Å²) in [5.41, 5.74) is -0.0890. The van der Waals surface area contributed by atoms with E-state index in [1.165, 1.54) is 7.05 Å². The Morgan fingerprint density at radius 3 is 2.33 bits per heavy atom. The summed E-state index contributed by atoms with van der Waals surface area (Å²) in [7, 11) is 1.42. The fourth-order valence-electron chi connectivity index (χ4n) is 0.795. The average molecular weight is 240 g/mol. The Kier molecular flexibility index (Phi) is 2.62. The molecule has 1 nitrogen and oxygen atoms in total. The van der Waals surface area contributed by atoms with E-state index in [0.717, 1.165) is 0 Å². The van der Waals surface area contributed by atoms with E-state index < -0.39 is 17.5 Å². The molecule has 5 heteroatoms. The Morgan fingerprint density at radius 1 is 1.25 bits per heavy atom. The lowest BCUT2D eigenvalue weighted by Gasteiger charge is -2.05. The Morgan fingerprint density at radius 2 is 1.83 bits per heavy atom. The Bertz CT molecular complexity index is 314. The van der Waals surface area contributed by atoms with Crippen LogP contribution in [0.15, 0.2) is 10.5 Å². The van der Waals surface area contributed by atoms with Crippen molar-refractivity contribution in [2.24, 2.45) is 0 Å². The third-order valence-corrected chi connectivity index (χ3v) is 2.11. The molecule has 0 aliphatic heterocycles. The van der Waals surface area contributed by atoms with E-state index in [1.807, 2.05) is 0 Å². The molecule has 0 spiro atoms. The van der Waals surface area contributed by atoms with Gasteiger partial charge in [0.25, 0.3) is 0 Å². The number of benzene rings is 1. The first-order chi connectivity index (χ1) is 5.57. The van der Waals surface area contributed by atoms with Crippen LogP contribution in [0.4, 0.5) is 18.9 Å². The second kappa shape index (κ2) is 3.35. The molecule has 12 heavy (non-hydrogen) atoms. The van der Waals surface area contributed by atoms with Gasteiger partial charge in [0.05, 0.1) is 10.2 Å². The monoisotopic (exact) mass is 239 g/mol. The number of anilines is 1. The van der Waals surface area contributed by atoms with E-state index in [0.29, 0.717) is 6.07 Å². The van der Waals surface area contributed by atoms with Crippen LogP contribution < -0.4 is 5.32 Å². The first-order valence-electron chi connectivity index (χ1n) is 3.08. The summed E-state index contributed by atoms with van der Waals surface area (Å²) in [6.45, 7) is 0. The molecule has 1 aromatic rings. The van der Waals surface area contributed by atoms with Crippen molar-refractivity contribution in [3.05, 3.63) is 28.0 Å². The Hall–Kier alpha value is -0.710. The second-order valence-corrected chi connectivity index (χ2v) is 2.89. The summed E-state index contributed by atoms with van der Waals surface area (Å²) in [6.07, 6.45) is 0. The highest BCUT2D eigenvalue weighted by molar-refractivity contribution is 9.10. The van der Waals surface area contributed by atoms with Gasteiger partial charge in [-0.15, -0.1) is 0 Å². The van der Waals surface area contributed by atoms with Crippen LogP contribution in [0.2, 0.25) is 0 Å². The molecule has 0 atom stereocenters. The van der Waals surface area contributed by atoms with Crippen molar-refractivity contribution < 1.29 is 13.2 Å². The predicted octanol–water partition coefficient (Wildman–Crippen LogP) is 2.91. The van der Waals surface area contributed by atoms with E-state index in [4.69, 9.17) is 0 Å². The number of halogens is 4. The van der Waals surface area contributed by atoms with Crippen LogP contribution in [0.3, 0.4) is 0 Å². The third kappa shape index (κ3) is 1.41. The molecular formula is C7H5BrF3N. The highest BCUT2D eigenvalue weighted by Gasteiger charge is 2.15. The van der Waals surface area contributed by atoms with Crippen LogP contribution in [0.5, 0.6) is 0 Å². The maximum absolute atomic E-state index is 12.8. The van der Waals surface area contributed by atoms with Gasteiger partial charge in [0.1, 0.15) is 0 Å². The number of nitrogens with one attached hydrogen (secondary N) is 1. The summed E-state index contributed by atoms with van der Waals surface area (Å²) in [5.74, 6) is -3.14. The molecule has 1 N–H and O–H groups in total. The van der Waals surface area contributed by atoms with Crippen molar-refractivity contribution in [2.45, 2.75) is 0 Å². The summed E-state index contributed by atoms with van der Waals surface area (Å²) in [5, 5.41) is 2.40. The molecule has 0 unspecified atom stereocenters. The smallest absolute Gasteiger partial charge is 0.175 e. The largest absolute Gasteiger partial charge is 0.385 e. The highest BCUT2D eigenvalue weighted by atomic mass is 79.9. The number of hydrogen-bond donors (Lipinski definition) is 1. The maximum Gasteiger partial charge on any atom is 0.175 e. The van der Waals surface area contributed by atoms with Gasteiger partial charge in [0.15, 0.2) is 17.5 Å². The van der Waals surface area contributed by atoms with Gasteiger partial charge >= 0.3 is 0 Å². The van der Waals surface area contributed by atoms with Crippen LogP contribution in [0, 0.1) is 17.5 Å². The zero-order valence-electron chi connectivity index (χ0n) is 6.09. The van der Waals surface area contributed by atoms with Crippen molar-refractivity contribution in [1.82, 2.24) is 0 Å². The molecule has 0 heterocycles. The molecule has 1 aromatic carbocycles. The number of rotatable bonds is 1. The van der Waals surface area contributed by atoms with Gasteiger partial charge < -0.3 is 5.32 Å². The zero-order chi connectivity index (χ0) is 9.30. The summed E-state index contributed by atoms with van der Waals surface area (Å²) in [4.78, 5) is 0. The van der Waals surface area contributed by atoms with Crippen molar-refractivity contribution in [3.8, 4) is 0 Å². The van der Waals surface area contributed by atoms with Gasteiger partial charge in [0, 0.05) is 13.1 Å². The van der Waals surface area contributed by atoms with Gasteiger partial charge in [0.2, 0.25) is 0 Å². The fourth-order valence-corrected chi connectivity index (χ4v) is 1.37. The molecule has 0 aliphatic carbocycles. The molecule has 0 saturated carbocycles. The van der Waals surface area contributed by atoms with E-state index in [2.05, 4.69) is 21.2 Å². The quantitative estimate of drug-likeness (QED) is 0.587. The summed E-state index contributed by atoms with van der Waals surface area (Å²) >= 11 is 2.72. The number of hydrogen-bond acceptors (Lipinski definition) is 1. The lowest BCUT2D eigenvalue weighted by molar-refractivity contribution is 0.492. The van der Waals surface area contributed by atoms with Crippen LogP contribution in [0.1, 0.15) is 0 Å². The van der Waals surface area contributed by atoms with E-state index in [1.54, 1.807) is 0 Å². The predicted molar refractivity (Wildman–Crippen MR) is 43.6 cm³/mol. The standard InChI is InChI=1S/C7H5BrF3N/c1-12-7-4(10)2-3(9)6(11)5(7)8/h2,12H,1H3. The average Bonchev–Trinajstić information content (AvgIpc) is 2.01. The molecule has 0 saturated heterocycles. The van der Waals surface area contributed by atoms with Crippen LogP contribution in [0.25, 0.3) is 0 Å². The highest BCUT2D eigenvalue weighted by Crippen LogP contribution is 2.29. The maximum atomic E-state index is 12.8. The zero-order valence-corrected chi connectivity index (χ0v) is 7.68. The van der Waals surface area contributed by atoms with Crippen LogP contribution in [-0.2, 0) is 0 Å². The molecule has 0 bridgehead atoms. The molecule has 0 amide bonds. The minimum atomic E-state index is -1.21. The van der Waals surface area contributed by atoms with Crippen molar-refractivity contribution in [3.63, 3.8) is 0 Å². The SMILES string of the molecule is CNc1c(F)cc(F)c(F)c1Br. The van der Waals surface area contributed by atoms with Crippen molar-refractivity contribution >= 4 is 21.6 Å². The van der Waals surface area contributed by atoms with Crippen LogP contribution in [-0.4, -0.2) is 7.05 Å². The summed E-state index contributed by atoms with van der Waals surface area (Å²) in [6, 6.07) is 0.492. The third-order valence-electron chi connectivity index (χ3n) is 1.36. The Balaban J connectivity index is 3.40. The van der Waals surface area contributed by atoms with Gasteiger partial charge in [-0.1, -0.05) is 0 Å². The second-order valence-electron chi connectivity index (χ2n) is 2.09. The molecule has 0 aliphatic rings. The minimum Gasteiger partial charge on any atom is -0.385 e. The topological polar surface area (TPSA) is 12.0 Å². The molecule has 1 rings (SSSR count). The molecule has 0 aromatic heterocycles. The molecule has 0 fully saturated rings. The normalized spacial score (nSPS) is 10.1. The minimum absolute atomic E-state index is 0.0890. The Labute approximate surface area is 75.7 Å². The lowest BCUT2D eigenvalue weighted by atomic mass is 10.3. The van der Waals surface area contributed by atoms with Gasteiger partial charge in [-0.2, -0.15) is 0 Å². The fraction of sp³-hybridized carbons (Fsp3) is 0.143. The first kappa shape index (κ1) is 9.38. The first-order valence-corrected chi connectivity index (χ1v) is 3.88. The molecular weight excluding hydrogens is 235 g/mol. The van der Waals surface area contributed by atoms with Crippen molar-refractivity contribution in [2.75, 3.05) is 12.4 Å². The van der Waals surface area contributed by atoms with Crippen molar-refractivity contribution in [1.29, 1.82) is 0 Å². The van der Waals surface area contributed by atoms with Gasteiger partial charge in [-0.05, 0) is 15.9 Å². The van der Waals surface area contributed by atoms with E-state index >= 15 is 0 Å². The van der Waals surface area contributed by atoms with Gasteiger partial charge in [-0.3, -0.25) is 0 Å².